The molecule has 1 rings (SSSR count). The zero-order chi connectivity index (χ0) is 14.3. The zero-order valence-corrected chi connectivity index (χ0v) is 13.1. The van der Waals surface area contributed by atoms with Crippen LogP contribution in [0.15, 0.2) is 24.3 Å². The van der Waals surface area contributed by atoms with Gasteiger partial charge in [0.05, 0.1) is 11.6 Å². The molecule has 1 N–H and O–H groups in total. The molecule has 0 saturated heterocycles. The number of benzene rings is 1. The topological polar surface area (TPSA) is 21.3 Å². The van der Waals surface area contributed by atoms with Gasteiger partial charge in [0.1, 0.15) is 0 Å². The lowest BCUT2D eigenvalue weighted by Crippen LogP contribution is -2.44. The fraction of sp³-hybridized carbons (Fsp3) is 0.647. The van der Waals surface area contributed by atoms with E-state index in [-0.39, 0.29) is 11.6 Å². The number of ether oxygens (including phenoxy) is 1. The molecule has 1 aromatic rings. The van der Waals surface area contributed by atoms with Crippen molar-refractivity contribution in [3.63, 3.8) is 0 Å². The lowest BCUT2D eigenvalue weighted by molar-refractivity contribution is -0.0717. The van der Waals surface area contributed by atoms with E-state index in [0.29, 0.717) is 0 Å². The third-order valence-corrected chi connectivity index (χ3v) is 4.14. The average Bonchev–Trinajstić information content (AvgIpc) is 2.47. The van der Waals surface area contributed by atoms with Crippen LogP contribution in [0.4, 0.5) is 0 Å². The molecule has 1 atom stereocenters. The lowest BCUT2D eigenvalue weighted by atomic mass is 9.83. The number of hydrogen-bond acceptors (Lipinski definition) is 2. The van der Waals surface area contributed by atoms with E-state index in [4.69, 9.17) is 4.74 Å². The summed E-state index contributed by atoms with van der Waals surface area (Å²) in [6.07, 6.45) is 3.10. The van der Waals surface area contributed by atoms with Gasteiger partial charge in [-0.2, -0.15) is 0 Å². The Labute approximate surface area is 118 Å². The zero-order valence-electron chi connectivity index (χ0n) is 13.1. The van der Waals surface area contributed by atoms with Gasteiger partial charge in [0, 0.05) is 6.61 Å². The summed E-state index contributed by atoms with van der Waals surface area (Å²) < 4.78 is 6.15. The highest BCUT2D eigenvalue weighted by molar-refractivity contribution is 5.28. The molecule has 2 nitrogen and oxygen atoms in total. The fourth-order valence-electron chi connectivity index (χ4n) is 2.96. The summed E-state index contributed by atoms with van der Waals surface area (Å²) in [5, 5.41) is 3.47. The van der Waals surface area contributed by atoms with Gasteiger partial charge in [-0.3, -0.25) is 0 Å². The van der Waals surface area contributed by atoms with Gasteiger partial charge in [-0.1, -0.05) is 45.0 Å². The van der Waals surface area contributed by atoms with Crippen molar-refractivity contribution in [3.05, 3.63) is 35.4 Å². The lowest BCUT2D eigenvalue weighted by Gasteiger charge is -2.39. The maximum Gasteiger partial charge on any atom is 0.0870 e. The van der Waals surface area contributed by atoms with Crippen LogP contribution in [-0.2, 0) is 11.2 Å². The standard InChI is InChI=1S/C17H29NO/c1-6-14-11-10-12-15(13-14)16(18-5)17(7-2,8-3)19-9-4/h10-13,16,18H,6-9H2,1-5H3. The summed E-state index contributed by atoms with van der Waals surface area (Å²) in [6, 6.07) is 9.10. The minimum absolute atomic E-state index is 0.115. The summed E-state index contributed by atoms with van der Waals surface area (Å²) in [5.74, 6) is 0. The quantitative estimate of drug-likeness (QED) is 0.762. The van der Waals surface area contributed by atoms with Crippen molar-refractivity contribution in [1.82, 2.24) is 5.32 Å². The third kappa shape index (κ3) is 3.58. The van der Waals surface area contributed by atoms with E-state index >= 15 is 0 Å². The van der Waals surface area contributed by atoms with Gasteiger partial charge in [0.15, 0.2) is 0 Å². The largest absolute Gasteiger partial charge is 0.373 e. The van der Waals surface area contributed by atoms with E-state index in [1.165, 1.54) is 11.1 Å². The summed E-state index contributed by atoms with van der Waals surface area (Å²) >= 11 is 0. The summed E-state index contributed by atoms with van der Waals surface area (Å²) in [5.41, 5.74) is 2.60. The minimum Gasteiger partial charge on any atom is -0.373 e. The van der Waals surface area contributed by atoms with E-state index in [1.807, 2.05) is 7.05 Å². The molecule has 0 fully saturated rings. The highest BCUT2D eigenvalue weighted by Crippen LogP contribution is 2.35. The molecule has 0 aliphatic carbocycles. The molecule has 0 saturated carbocycles. The Morgan fingerprint density at radius 2 is 1.84 bits per heavy atom. The SMILES string of the molecule is CCOC(CC)(CC)C(NC)c1cccc(CC)c1. The Hall–Kier alpha value is -0.860. The second-order valence-corrected chi connectivity index (χ2v) is 5.03. The normalized spacial score (nSPS) is 13.5. The Balaban J connectivity index is 3.14. The molecule has 108 valence electrons. The fourth-order valence-corrected chi connectivity index (χ4v) is 2.96. The molecule has 2 heteroatoms. The molecule has 0 bridgehead atoms. The predicted octanol–water partition coefficient (Wildman–Crippen LogP) is 4.10. The van der Waals surface area contributed by atoms with Crippen LogP contribution in [0.25, 0.3) is 0 Å². The first kappa shape index (κ1) is 16.2. The molecule has 0 radical (unpaired) electrons. The van der Waals surface area contributed by atoms with Gasteiger partial charge < -0.3 is 10.1 Å². The highest BCUT2D eigenvalue weighted by Gasteiger charge is 2.36. The van der Waals surface area contributed by atoms with Crippen LogP contribution < -0.4 is 5.32 Å². The van der Waals surface area contributed by atoms with E-state index in [9.17, 15) is 0 Å². The van der Waals surface area contributed by atoms with Gasteiger partial charge in [-0.05, 0) is 44.4 Å². The summed E-state index contributed by atoms with van der Waals surface area (Å²) in [7, 11) is 2.03. The average molecular weight is 263 g/mol. The third-order valence-electron chi connectivity index (χ3n) is 4.14. The van der Waals surface area contributed by atoms with Gasteiger partial charge in [0.2, 0.25) is 0 Å². The molecule has 1 aromatic carbocycles. The van der Waals surface area contributed by atoms with Crippen LogP contribution in [-0.4, -0.2) is 19.3 Å². The van der Waals surface area contributed by atoms with E-state index in [1.54, 1.807) is 0 Å². The van der Waals surface area contributed by atoms with Crippen LogP contribution in [0.1, 0.15) is 57.7 Å². The number of nitrogens with one attached hydrogen (secondary N) is 1. The number of hydrogen-bond donors (Lipinski definition) is 1. The van der Waals surface area contributed by atoms with Crippen molar-refractivity contribution in [3.8, 4) is 0 Å². The monoisotopic (exact) mass is 263 g/mol. The maximum atomic E-state index is 6.15. The van der Waals surface area contributed by atoms with E-state index in [0.717, 1.165) is 25.9 Å². The molecular formula is C17H29NO. The van der Waals surface area contributed by atoms with Crippen LogP contribution in [0.5, 0.6) is 0 Å². The minimum atomic E-state index is -0.115. The first-order valence-corrected chi connectivity index (χ1v) is 7.57. The predicted molar refractivity (Wildman–Crippen MR) is 82.6 cm³/mol. The van der Waals surface area contributed by atoms with Crippen LogP contribution in [0, 0.1) is 0 Å². The molecule has 0 aliphatic rings. The maximum absolute atomic E-state index is 6.15. The van der Waals surface area contributed by atoms with Crippen LogP contribution in [0.3, 0.4) is 0 Å². The van der Waals surface area contributed by atoms with Crippen LogP contribution in [0.2, 0.25) is 0 Å². The Morgan fingerprint density at radius 1 is 1.16 bits per heavy atom. The molecule has 19 heavy (non-hydrogen) atoms. The Morgan fingerprint density at radius 3 is 2.32 bits per heavy atom. The Kier molecular flexibility index (Phi) is 6.53. The molecule has 0 aliphatic heterocycles. The first-order chi connectivity index (χ1) is 9.17. The summed E-state index contributed by atoms with van der Waals surface area (Å²) in [4.78, 5) is 0. The molecule has 0 spiro atoms. The van der Waals surface area contributed by atoms with Gasteiger partial charge >= 0.3 is 0 Å². The first-order valence-electron chi connectivity index (χ1n) is 7.57. The van der Waals surface area contributed by atoms with E-state index < -0.39 is 0 Å². The highest BCUT2D eigenvalue weighted by atomic mass is 16.5. The van der Waals surface area contributed by atoms with Gasteiger partial charge in [-0.15, -0.1) is 0 Å². The summed E-state index contributed by atoms with van der Waals surface area (Å²) in [6.45, 7) is 9.46. The molecule has 0 heterocycles. The van der Waals surface area contributed by atoms with Crippen molar-refractivity contribution >= 4 is 0 Å². The molecule has 0 amide bonds. The smallest absolute Gasteiger partial charge is 0.0870 e. The van der Waals surface area contributed by atoms with Gasteiger partial charge in [-0.25, -0.2) is 0 Å². The molecular weight excluding hydrogens is 234 g/mol. The van der Waals surface area contributed by atoms with Crippen molar-refractivity contribution < 1.29 is 4.74 Å². The second-order valence-electron chi connectivity index (χ2n) is 5.03. The van der Waals surface area contributed by atoms with Crippen molar-refractivity contribution in [2.24, 2.45) is 0 Å². The molecule has 0 aromatic heterocycles. The van der Waals surface area contributed by atoms with Gasteiger partial charge in [0.25, 0.3) is 0 Å². The van der Waals surface area contributed by atoms with Crippen LogP contribution >= 0.6 is 0 Å². The van der Waals surface area contributed by atoms with Crippen molar-refractivity contribution in [2.45, 2.75) is 58.6 Å². The van der Waals surface area contributed by atoms with E-state index in [2.05, 4.69) is 57.3 Å². The van der Waals surface area contributed by atoms with Crippen molar-refractivity contribution in [1.29, 1.82) is 0 Å². The number of aryl methyl sites for hydroxylation is 1. The molecule has 1 unspecified atom stereocenters. The number of rotatable bonds is 8. The Bertz CT molecular complexity index is 371. The second kappa shape index (κ2) is 7.66. The van der Waals surface area contributed by atoms with Crippen molar-refractivity contribution in [2.75, 3.05) is 13.7 Å². The number of likely N-dealkylation sites (N-methyl/N-ethyl adjacent to an activating group) is 1.